The van der Waals surface area contributed by atoms with E-state index in [9.17, 15) is 14.0 Å². The van der Waals surface area contributed by atoms with E-state index in [1.54, 1.807) is 42.1 Å². The summed E-state index contributed by atoms with van der Waals surface area (Å²) in [6.45, 7) is 3.19. The molecule has 5 nitrogen and oxygen atoms in total. The van der Waals surface area contributed by atoms with E-state index >= 15 is 0 Å². The molecule has 0 saturated carbocycles. The van der Waals surface area contributed by atoms with Crippen molar-refractivity contribution in [3.8, 4) is 0 Å². The summed E-state index contributed by atoms with van der Waals surface area (Å²) in [6, 6.07) is 6.38. The van der Waals surface area contributed by atoms with E-state index in [-0.39, 0.29) is 23.8 Å². The van der Waals surface area contributed by atoms with Crippen LogP contribution in [0.25, 0.3) is 0 Å². The quantitative estimate of drug-likeness (QED) is 0.888. The zero-order chi connectivity index (χ0) is 18.4. The number of hydrogen-bond acceptors (Lipinski definition) is 2. The Morgan fingerprint density at radius 1 is 1.28 bits per heavy atom. The number of piperidine rings is 1. The second kappa shape index (κ2) is 8.83. The summed E-state index contributed by atoms with van der Waals surface area (Å²) in [5, 5.41) is 2.94. The minimum absolute atomic E-state index is 0.110. The van der Waals surface area contributed by atoms with Gasteiger partial charge in [-0.3, -0.25) is 4.79 Å². The van der Waals surface area contributed by atoms with Gasteiger partial charge in [-0.15, -0.1) is 0 Å². The maximum Gasteiger partial charge on any atom is 0.317 e. The van der Waals surface area contributed by atoms with Gasteiger partial charge in [0.2, 0.25) is 5.91 Å². The summed E-state index contributed by atoms with van der Waals surface area (Å²) in [6.07, 6.45) is 2.70. The van der Waals surface area contributed by atoms with Crippen molar-refractivity contribution in [1.29, 1.82) is 0 Å². The van der Waals surface area contributed by atoms with Crippen molar-refractivity contribution in [1.82, 2.24) is 15.1 Å². The van der Waals surface area contributed by atoms with Crippen LogP contribution in [0.3, 0.4) is 0 Å². The van der Waals surface area contributed by atoms with Crippen LogP contribution in [-0.2, 0) is 11.2 Å². The fraction of sp³-hybridized carbons (Fsp3) is 0.579. The van der Waals surface area contributed by atoms with Gasteiger partial charge in [-0.2, -0.15) is 0 Å². The molecule has 138 valence electrons. The molecule has 1 aliphatic rings. The van der Waals surface area contributed by atoms with E-state index in [4.69, 9.17) is 0 Å². The van der Waals surface area contributed by atoms with E-state index in [0.29, 0.717) is 37.4 Å². The average molecular weight is 349 g/mol. The van der Waals surface area contributed by atoms with Crippen molar-refractivity contribution in [3.05, 3.63) is 35.6 Å². The Morgan fingerprint density at radius 2 is 1.92 bits per heavy atom. The number of carbonyl (C=O) groups excluding carboxylic acids is 2. The second-order valence-corrected chi connectivity index (χ2v) is 7.07. The molecule has 1 fully saturated rings. The Bertz CT molecular complexity index is 598. The lowest BCUT2D eigenvalue weighted by molar-refractivity contribution is -0.129. The lowest BCUT2D eigenvalue weighted by Crippen LogP contribution is -2.48. The highest BCUT2D eigenvalue weighted by Crippen LogP contribution is 2.21. The number of halogens is 1. The van der Waals surface area contributed by atoms with Crippen molar-refractivity contribution < 1.29 is 14.0 Å². The maximum absolute atomic E-state index is 13.7. The highest BCUT2D eigenvalue weighted by molar-refractivity contribution is 5.76. The lowest BCUT2D eigenvalue weighted by Gasteiger charge is -2.33. The van der Waals surface area contributed by atoms with Crippen LogP contribution in [0.1, 0.15) is 31.7 Å². The third-order valence-corrected chi connectivity index (χ3v) is 4.72. The third kappa shape index (κ3) is 5.73. The Labute approximate surface area is 149 Å². The summed E-state index contributed by atoms with van der Waals surface area (Å²) >= 11 is 0. The Balaban J connectivity index is 1.76. The number of carbonyl (C=O) groups is 2. The molecule has 0 aliphatic carbocycles. The summed E-state index contributed by atoms with van der Waals surface area (Å²) in [5.41, 5.74) is 0.608. The first-order chi connectivity index (χ1) is 11.9. The smallest absolute Gasteiger partial charge is 0.317 e. The van der Waals surface area contributed by atoms with E-state index in [1.807, 2.05) is 6.92 Å². The van der Waals surface area contributed by atoms with Crippen LogP contribution in [0.4, 0.5) is 9.18 Å². The first kappa shape index (κ1) is 19.2. The molecule has 6 heteroatoms. The predicted molar refractivity (Wildman–Crippen MR) is 95.7 cm³/mol. The molecule has 1 aromatic carbocycles. The largest absolute Gasteiger partial charge is 0.349 e. The molecule has 1 atom stereocenters. The predicted octanol–water partition coefficient (Wildman–Crippen LogP) is 2.66. The van der Waals surface area contributed by atoms with Gasteiger partial charge >= 0.3 is 6.03 Å². The average Bonchev–Trinajstić information content (AvgIpc) is 2.57. The van der Waals surface area contributed by atoms with Crippen LogP contribution in [0.5, 0.6) is 0 Å². The molecule has 1 heterocycles. The van der Waals surface area contributed by atoms with Crippen LogP contribution in [0, 0.1) is 11.7 Å². The van der Waals surface area contributed by atoms with E-state index < -0.39 is 0 Å². The minimum Gasteiger partial charge on any atom is -0.349 e. The molecule has 1 N–H and O–H groups in total. The van der Waals surface area contributed by atoms with E-state index in [0.717, 1.165) is 12.8 Å². The molecule has 2 rings (SSSR count). The van der Waals surface area contributed by atoms with Gasteiger partial charge in [0.15, 0.2) is 0 Å². The minimum atomic E-state index is -0.241. The molecule has 1 saturated heterocycles. The van der Waals surface area contributed by atoms with Crippen molar-refractivity contribution >= 4 is 11.9 Å². The van der Waals surface area contributed by atoms with Gasteiger partial charge in [0.1, 0.15) is 5.82 Å². The van der Waals surface area contributed by atoms with Crippen molar-refractivity contribution in [2.75, 3.05) is 27.2 Å². The summed E-state index contributed by atoms with van der Waals surface area (Å²) in [5.74, 6) is 0.242. The highest BCUT2D eigenvalue weighted by Gasteiger charge is 2.25. The highest BCUT2D eigenvalue weighted by atomic mass is 19.1. The van der Waals surface area contributed by atoms with Gasteiger partial charge < -0.3 is 15.1 Å². The number of nitrogens with zero attached hydrogens (tertiary/aromatic N) is 2. The Morgan fingerprint density at radius 3 is 2.52 bits per heavy atom. The summed E-state index contributed by atoms with van der Waals surface area (Å²) in [4.78, 5) is 27.5. The number of nitrogens with one attached hydrogen (secondary N) is 1. The fourth-order valence-corrected chi connectivity index (χ4v) is 3.12. The first-order valence-corrected chi connectivity index (χ1v) is 8.85. The molecule has 0 radical (unpaired) electrons. The Kier molecular flexibility index (Phi) is 6.79. The molecule has 0 unspecified atom stereocenters. The van der Waals surface area contributed by atoms with Gasteiger partial charge in [-0.05, 0) is 43.7 Å². The number of benzene rings is 1. The molecular formula is C19H28FN3O2. The van der Waals surface area contributed by atoms with Crippen LogP contribution >= 0.6 is 0 Å². The van der Waals surface area contributed by atoms with Crippen LogP contribution in [0.15, 0.2) is 24.3 Å². The lowest BCUT2D eigenvalue weighted by atomic mass is 9.93. The molecule has 3 amide bonds. The molecule has 1 aliphatic heterocycles. The Hall–Kier alpha value is -2.11. The monoisotopic (exact) mass is 349 g/mol. The van der Waals surface area contributed by atoms with Gasteiger partial charge in [-0.1, -0.05) is 18.2 Å². The van der Waals surface area contributed by atoms with Gasteiger partial charge in [0.05, 0.1) is 0 Å². The van der Waals surface area contributed by atoms with Crippen LogP contribution in [0.2, 0.25) is 0 Å². The second-order valence-electron chi connectivity index (χ2n) is 7.07. The molecular weight excluding hydrogens is 321 g/mol. The summed E-state index contributed by atoms with van der Waals surface area (Å²) < 4.78 is 13.7. The maximum atomic E-state index is 13.7. The molecule has 1 aromatic rings. The number of rotatable bonds is 5. The van der Waals surface area contributed by atoms with E-state index in [1.165, 1.54) is 6.07 Å². The van der Waals surface area contributed by atoms with Crippen molar-refractivity contribution in [2.24, 2.45) is 5.92 Å². The zero-order valence-corrected chi connectivity index (χ0v) is 15.3. The first-order valence-electron chi connectivity index (χ1n) is 8.85. The summed E-state index contributed by atoms with van der Waals surface area (Å²) in [7, 11) is 3.53. The topological polar surface area (TPSA) is 52.7 Å². The SMILES string of the molecule is C[C@H](Cc1ccccc1F)NC(=O)N1CCC(CC(=O)N(C)C)CC1. The van der Waals surface area contributed by atoms with Crippen LogP contribution < -0.4 is 5.32 Å². The van der Waals surface area contributed by atoms with Gasteiger partial charge in [0, 0.05) is 39.6 Å². The molecule has 0 aromatic heterocycles. The molecule has 0 spiro atoms. The fourth-order valence-electron chi connectivity index (χ4n) is 3.12. The standard InChI is InChI=1S/C19H28FN3O2/c1-14(12-16-6-4-5-7-17(16)20)21-19(25)23-10-8-15(9-11-23)13-18(24)22(2)3/h4-7,14-15H,8-13H2,1-3H3,(H,21,25)/t14-/m1/s1. The number of hydrogen-bond donors (Lipinski definition) is 1. The van der Waals surface area contributed by atoms with Gasteiger partial charge in [0.25, 0.3) is 0 Å². The third-order valence-electron chi connectivity index (χ3n) is 4.72. The van der Waals surface area contributed by atoms with Crippen molar-refractivity contribution in [3.63, 3.8) is 0 Å². The van der Waals surface area contributed by atoms with Crippen molar-refractivity contribution in [2.45, 2.75) is 38.6 Å². The molecule has 25 heavy (non-hydrogen) atoms. The number of amides is 3. The normalized spacial score (nSPS) is 16.4. The molecule has 0 bridgehead atoms. The zero-order valence-electron chi connectivity index (χ0n) is 15.3. The number of urea groups is 1. The van der Waals surface area contributed by atoms with E-state index in [2.05, 4.69) is 5.32 Å². The number of likely N-dealkylation sites (tertiary alicyclic amines) is 1. The van der Waals surface area contributed by atoms with Crippen LogP contribution in [-0.4, -0.2) is 55.0 Å². The van der Waals surface area contributed by atoms with Gasteiger partial charge in [-0.25, -0.2) is 9.18 Å².